The second kappa shape index (κ2) is 9.80. The number of amides is 1. The van der Waals surface area contributed by atoms with Crippen molar-refractivity contribution in [1.82, 2.24) is 14.8 Å². The molecule has 0 bridgehead atoms. The van der Waals surface area contributed by atoms with Crippen molar-refractivity contribution in [1.29, 1.82) is 0 Å². The lowest BCUT2D eigenvalue weighted by Gasteiger charge is -2.28. The Kier molecular flexibility index (Phi) is 6.42. The Labute approximate surface area is 209 Å². The Morgan fingerprint density at radius 1 is 1.00 bits per heavy atom. The third-order valence-electron chi connectivity index (χ3n) is 6.09. The highest BCUT2D eigenvalue weighted by Gasteiger charge is 2.34. The van der Waals surface area contributed by atoms with Gasteiger partial charge in [0.05, 0.1) is 5.57 Å². The lowest BCUT2D eigenvalue weighted by molar-refractivity contribution is -0.113. The van der Waals surface area contributed by atoms with Crippen LogP contribution in [-0.4, -0.2) is 20.7 Å². The number of fused-ring (bicyclic) bond motifs is 1. The number of nitrogens with one attached hydrogen (secondary N) is 2. The Balaban J connectivity index is 1.47. The van der Waals surface area contributed by atoms with Gasteiger partial charge in [-0.15, -0.1) is 5.10 Å². The number of allylic oxidation sites excluding steroid dienone is 1. The normalized spacial score (nSPS) is 14.9. The third-order valence-corrected chi connectivity index (χ3v) is 6.97. The van der Waals surface area contributed by atoms with Crippen LogP contribution >= 0.6 is 11.8 Å². The smallest absolute Gasteiger partial charge is 0.255 e. The maximum atomic E-state index is 13.5. The van der Waals surface area contributed by atoms with E-state index in [1.165, 1.54) is 16.7 Å². The lowest BCUT2D eigenvalue weighted by atomic mass is 9.95. The van der Waals surface area contributed by atoms with Crippen molar-refractivity contribution in [2.24, 2.45) is 0 Å². The molecule has 6 nitrogen and oxygen atoms in total. The molecule has 1 atom stereocenters. The van der Waals surface area contributed by atoms with Gasteiger partial charge >= 0.3 is 0 Å². The van der Waals surface area contributed by atoms with Crippen molar-refractivity contribution in [3.05, 3.63) is 112 Å². The van der Waals surface area contributed by atoms with Gasteiger partial charge in [0.1, 0.15) is 6.04 Å². The first-order chi connectivity index (χ1) is 17.0. The first-order valence-corrected chi connectivity index (χ1v) is 12.5. The summed E-state index contributed by atoms with van der Waals surface area (Å²) >= 11 is 1.60. The van der Waals surface area contributed by atoms with Crippen molar-refractivity contribution in [2.45, 2.75) is 37.7 Å². The van der Waals surface area contributed by atoms with E-state index in [2.05, 4.69) is 42.7 Å². The van der Waals surface area contributed by atoms with E-state index in [-0.39, 0.29) is 5.91 Å². The number of anilines is 2. The van der Waals surface area contributed by atoms with Gasteiger partial charge < -0.3 is 10.6 Å². The molecule has 2 heterocycles. The highest BCUT2D eigenvalue weighted by molar-refractivity contribution is 7.98. The molecule has 0 aliphatic carbocycles. The molecule has 1 aromatic heterocycles. The van der Waals surface area contributed by atoms with Gasteiger partial charge in [-0.3, -0.25) is 4.79 Å². The number of aromatic nitrogens is 3. The first-order valence-electron chi connectivity index (χ1n) is 11.5. The van der Waals surface area contributed by atoms with Gasteiger partial charge in [-0.05, 0) is 49.6 Å². The van der Waals surface area contributed by atoms with Gasteiger partial charge in [-0.2, -0.15) is 4.98 Å². The van der Waals surface area contributed by atoms with E-state index in [0.29, 0.717) is 16.7 Å². The molecule has 2 N–H and O–H groups in total. The van der Waals surface area contributed by atoms with Crippen LogP contribution in [0.4, 0.5) is 11.6 Å². The summed E-state index contributed by atoms with van der Waals surface area (Å²) in [7, 11) is 0. The molecule has 0 radical (unpaired) electrons. The van der Waals surface area contributed by atoms with Crippen molar-refractivity contribution in [2.75, 3.05) is 10.6 Å². The number of aryl methyl sites for hydroxylation is 2. The fraction of sp³-hybridized carbons (Fsp3) is 0.179. The molecule has 1 aliphatic heterocycles. The van der Waals surface area contributed by atoms with Crippen LogP contribution in [0.1, 0.15) is 35.2 Å². The molecule has 3 aromatic carbocycles. The summed E-state index contributed by atoms with van der Waals surface area (Å²) in [4.78, 5) is 18.2. The number of nitrogens with zero attached hydrogens (tertiary/aromatic N) is 3. The molecule has 35 heavy (non-hydrogen) atoms. The summed E-state index contributed by atoms with van der Waals surface area (Å²) in [5.74, 6) is 1.25. The topological polar surface area (TPSA) is 71.8 Å². The molecule has 5 rings (SSSR count). The van der Waals surface area contributed by atoms with E-state index in [0.717, 1.165) is 22.7 Å². The van der Waals surface area contributed by atoms with Crippen LogP contribution < -0.4 is 10.6 Å². The number of thioether (sulfide) groups is 1. The molecule has 7 heteroatoms. The first kappa shape index (κ1) is 22.9. The van der Waals surface area contributed by atoms with E-state index < -0.39 is 6.04 Å². The van der Waals surface area contributed by atoms with Crippen LogP contribution in [0.25, 0.3) is 0 Å². The van der Waals surface area contributed by atoms with Crippen molar-refractivity contribution >= 4 is 29.3 Å². The Morgan fingerprint density at radius 2 is 1.71 bits per heavy atom. The molecule has 0 spiro atoms. The van der Waals surface area contributed by atoms with Gasteiger partial charge in [-0.1, -0.05) is 84.1 Å². The molecule has 1 unspecified atom stereocenters. The summed E-state index contributed by atoms with van der Waals surface area (Å²) < 4.78 is 1.83. The maximum absolute atomic E-state index is 13.5. The number of para-hydroxylation sites is 1. The highest BCUT2D eigenvalue weighted by atomic mass is 32.2. The predicted molar refractivity (Wildman–Crippen MR) is 141 cm³/mol. The van der Waals surface area contributed by atoms with E-state index in [1.807, 2.05) is 72.3 Å². The van der Waals surface area contributed by atoms with Crippen LogP contribution in [0.5, 0.6) is 0 Å². The highest BCUT2D eigenvalue weighted by Crippen LogP contribution is 2.37. The molecule has 4 aromatic rings. The van der Waals surface area contributed by atoms with E-state index in [4.69, 9.17) is 10.1 Å². The summed E-state index contributed by atoms with van der Waals surface area (Å²) in [6.45, 7) is 6.14. The standard InChI is InChI=1S/C28H27N5OS/c1-18-14-15-19(2)22(16-18)17-35-28-31-27-29-20(3)24(26(34)30-23-12-8-5-9-13-23)25(33(27)32-28)21-10-6-4-7-11-21/h4-16,25H,17H2,1-3H3,(H,30,34)(H,29,31,32). The van der Waals surface area contributed by atoms with Gasteiger partial charge in [-0.25, -0.2) is 4.68 Å². The minimum Gasteiger partial charge on any atom is -0.328 e. The van der Waals surface area contributed by atoms with E-state index in [1.54, 1.807) is 11.8 Å². The number of hydrogen-bond donors (Lipinski definition) is 2. The monoisotopic (exact) mass is 481 g/mol. The summed E-state index contributed by atoms with van der Waals surface area (Å²) in [5.41, 5.74) is 6.87. The second-order valence-corrected chi connectivity index (χ2v) is 9.62. The Bertz CT molecular complexity index is 1400. The molecule has 0 saturated heterocycles. The number of hydrogen-bond acceptors (Lipinski definition) is 5. The molecule has 1 aliphatic rings. The Morgan fingerprint density at radius 3 is 2.46 bits per heavy atom. The second-order valence-electron chi connectivity index (χ2n) is 8.68. The van der Waals surface area contributed by atoms with E-state index >= 15 is 0 Å². The number of rotatable bonds is 6. The molecule has 0 saturated carbocycles. The lowest BCUT2D eigenvalue weighted by Crippen LogP contribution is -2.31. The molecular weight excluding hydrogens is 454 g/mol. The largest absolute Gasteiger partial charge is 0.328 e. The van der Waals surface area contributed by atoms with Crippen molar-refractivity contribution in [3.63, 3.8) is 0 Å². The van der Waals surface area contributed by atoms with Crippen LogP contribution in [0.15, 0.2) is 95.3 Å². The van der Waals surface area contributed by atoms with Crippen molar-refractivity contribution < 1.29 is 4.79 Å². The summed E-state index contributed by atoms with van der Waals surface area (Å²) in [6, 6.07) is 25.6. The average Bonchev–Trinajstić information content (AvgIpc) is 3.27. The number of carbonyl (C=O) groups excluding carboxylic acids is 1. The summed E-state index contributed by atoms with van der Waals surface area (Å²) in [6.07, 6.45) is 0. The van der Waals surface area contributed by atoms with Crippen LogP contribution in [0.3, 0.4) is 0 Å². The minimum absolute atomic E-state index is 0.166. The fourth-order valence-corrected chi connectivity index (χ4v) is 5.14. The third kappa shape index (κ3) is 4.86. The fourth-order valence-electron chi connectivity index (χ4n) is 4.25. The SMILES string of the molecule is CC1=C(C(=O)Nc2ccccc2)C(c2ccccc2)n2nc(SCc3cc(C)ccc3C)nc2N1. The zero-order valence-electron chi connectivity index (χ0n) is 19.9. The number of benzene rings is 3. The zero-order chi connectivity index (χ0) is 24.4. The molecule has 1 amide bonds. The van der Waals surface area contributed by atoms with E-state index in [9.17, 15) is 4.79 Å². The molecule has 0 fully saturated rings. The molecular formula is C28H27N5OS. The number of carbonyl (C=O) groups is 1. The average molecular weight is 482 g/mol. The van der Waals surface area contributed by atoms with Crippen molar-refractivity contribution in [3.8, 4) is 0 Å². The van der Waals surface area contributed by atoms with Crippen LogP contribution in [0, 0.1) is 13.8 Å². The predicted octanol–water partition coefficient (Wildman–Crippen LogP) is 6.11. The van der Waals surface area contributed by atoms with Gasteiger partial charge in [0.2, 0.25) is 11.1 Å². The van der Waals surface area contributed by atoms with Gasteiger partial charge in [0.25, 0.3) is 5.91 Å². The minimum atomic E-state index is -0.390. The van der Waals surface area contributed by atoms with Crippen LogP contribution in [-0.2, 0) is 10.5 Å². The molecule has 176 valence electrons. The Hall–Kier alpha value is -3.84. The van der Waals surface area contributed by atoms with Gasteiger partial charge in [0, 0.05) is 17.1 Å². The van der Waals surface area contributed by atoms with Gasteiger partial charge in [0.15, 0.2) is 0 Å². The summed E-state index contributed by atoms with van der Waals surface area (Å²) in [5, 5.41) is 11.9. The quantitative estimate of drug-likeness (QED) is 0.325. The van der Waals surface area contributed by atoms with Crippen LogP contribution in [0.2, 0.25) is 0 Å². The maximum Gasteiger partial charge on any atom is 0.255 e. The zero-order valence-corrected chi connectivity index (χ0v) is 20.8.